The van der Waals surface area contributed by atoms with Crippen molar-refractivity contribution >= 4 is 0 Å². The minimum absolute atomic E-state index is 0.251. The first-order valence-corrected chi connectivity index (χ1v) is 1.76. The molecule has 1 aromatic rings. The van der Waals surface area contributed by atoms with Gasteiger partial charge in [-0.25, -0.2) is 0 Å². The summed E-state index contributed by atoms with van der Waals surface area (Å²) in [6, 6.07) is 0. The van der Waals surface area contributed by atoms with Crippen LogP contribution in [0.2, 0.25) is 0 Å². The first kappa shape index (κ1) is 1.89. The highest BCUT2D eigenvalue weighted by Gasteiger charge is 1.82. The Labute approximate surface area is 50.8 Å². The van der Waals surface area contributed by atoms with E-state index in [1.54, 1.807) is 0 Å². The molecule has 1 rings (SSSR count). The molecule has 1 aromatic heterocycles. The third kappa shape index (κ3) is 0.841. The second kappa shape index (κ2) is 1.65. The van der Waals surface area contributed by atoms with Gasteiger partial charge in [0.05, 0.1) is 19.5 Å². The highest BCUT2D eigenvalue weighted by Crippen LogP contribution is 1.72. The van der Waals surface area contributed by atoms with Gasteiger partial charge >= 0.3 is 0 Å². The van der Waals surface area contributed by atoms with Crippen LogP contribution >= 0.6 is 0 Å². The normalized spacial score (nSPS) is 16.0. The van der Waals surface area contributed by atoms with Gasteiger partial charge in [-0.1, -0.05) is 0 Å². The molecule has 42 valence electrons. The second-order valence-corrected chi connectivity index (χ2v) is 1.04. The molecular weight excluding hydrogens is 108 g/mol. The van der Waals surface area contributed by atoms with Gasteiger partial charge in [0.2, 0.25) is 12.3 Å². The predicted octanol–water partition coefficient (Wildman–Crippen LogP) is -0.252. The minimum Gasteiger partial charge on any atom is -0.806 e. The van der Waals surface area contributed by atoms with Gasteiger partial charge in [-0.2, -0.15) is 0 Å². The molecule has 0 aliphatic rings. The number of hydrogen-bond donors (Lipinski definition) is 0. The van der Waals surface area contributed by atoms with Crippen molar-refractivity contribution in [2.45, 2.75) is 0 Å². The topological polar surface area (TPSA) is 51.0 Å². The molecular formula is C4H4N2O2. The Balaban J connectivity index is 3.73. The summed E-state index contributed by atoms with van der Waals surface area (Å²) >= 11 is 0. The fourth-order valence-electron chi connectivity index (χ4n) is 0.238. The van der Waals surface area contributed by atoms with Gasteiger partial charge in [0.1, 0.15) is 2.74 Å². The van der Waals surface area contributed by atoms with Crippen molar-refractivity contribution < 1.29 is 9.91 Å². The zero-order valence-electron chi connectivity index (χ0n) is 7.71. The lowest BCUT2D eigenvalue weighted by Crippen LogP contribution is -2.11. The zero-order chi connectivity index (χ0) is 9.46. The van der Waals surface area contributed by atoms with Crippen LogP contribution in [0.1, 0.15) is 5.48 Å². The van der Waals surface area contributed by atoms with E-state index in [4.69, 9.17) is 5.48 Å². The van der Waals surface area contributed by atoms with Crippen LogP contribution < -0.4 is 4.43 Å². The molecule has 0 saturated heterocycles. The maximum Gasteiger partial charge on any atom is 0.243 e. The summed E-state index contributed by atoms with van der Waals surface area (Å²) in [7, 11) is 0. The Morgan fingerprint density at radius 2 is 2.12 bits per heavy atom. The number of rotatable bonds is 0. The van der Waals surface area contributed by atoms with Crippen molar-refractivity contribution in [1.29, 1.82) is 0 Å². The van der Waals surface area contributed by atoms with E-state index in [1.165, 1.54) is 0 Å². The average Bonchev–Trinajstić information content (AvgIpc) is 2.08. The molecule has 4 nitrogen and oxygen atoms in total. The number of hydrogen-bond acceptors (Lipinski definition) is 2. The molecule has 0 aromatic carbocycles. The van der Waals surface area contributed by atoms with Crippen molar-refractivity contribution in [1.82, 2.24) is 4.73 Å². The lowest BCUT2D eigenvalue weighted by Gasteiger charge is -2.02. The largest absolute Gasteiger partial charge is 0.806 e. The summed E-state index contributed by atoms with van der Waals surface area (Å²) in [6.07, 6.45) is -3.70. The Morgan fingerprint density at radius 1 is 1.62 bits per heavy atom. The summed E-state index contributed by atoms with van der Waals surface area (Å²) in [6.45, 7) is 0. The molecule has 0 saturated carbocycles. The van der Waals surface area contributed by atoms with Gasteiger partial charge in [-0.15, -0.1) is 0 Å². The quantitative estimate of drug-likeness (QED) is 0.439. The van der Waals surface area contributed by atoms with E-state index in [2.05, 4.69) is 0 Å². The highest BCUT2D eigenvalue weighted by atomic mass is 16.5. The molecule has 4 heteroatoms. The van der Waals surface area contributed by atoms with Crippen molar-refractivity contribution in [2.75, 3.05) is 0 Å². The molecule has 0 amide bonds. The van der Waals surface area contributed by atoms with Crippen molar-refractivity contribution in [3.05, 3.63) is 34.8 Å². The molecule has 0 spiro atoms. The Bertz CT molecular complexity index is 355. The van der Waals surface area contributed by atoms with Crippen LogP contribution in [0.25, 0.3) is 0 Å². The Hall–Kier alpha value is -1.32. The molecule has 0 fully saturated rings. The highest BCUT2D eigenvalue weighted by molar-refractivity contribution is 4.73. The summed E-state index contributed by atoms with van der Waals surface area (Å²) in [5.41, 5.74) is 0. The van der Waals surface area contributed by atoms with Crippen molar-refractivity contribution in [3.63, 3.8) is 0 Å². The van der Waals surface area contributed by atoms with E-state index < -0.39 is 24.7 Å². The summed E-state index contributed by atoms with van der Waals surface area (Å²) in [5, 5.41) is 10.7. The number of aromatic nitrogens is 2. The first-order chi connectivity index (χ1) is 5.46. The van der Waals surface area contributed by atoms with Gasteiger partial charge in [0.25, 0.3) is 0 Å². The molecule has 0 atom stereocenters. The average molecular weight is 116 g/mol. The van der Waals surface area contributed by atoms with Crippen LogP contribution in [-0.2, 0) is 0 Å². The number of nitrogens with zero attached hydrogens (tertiary/aromatic N) is 2. The maximum atomic E-state index is 10.7. The van der Waals surface area contributed by atoms with E-state index in [0.717, 1.165) is 0 Å². The van der Waals surface area contributed by atoms with E-state index in [9.17, 15) is 10.1 Å². The Morgan fingerprint density at radius 3 is 2.62 bits per heavy atom. The van der Waals surface area contributed by atoms with Gasteiger partial charge < -0.3 is 9.94 Å². The van der Waals surface area contributed by atoms with Crippen LogP contribution in [0.3, 0.4) is 0 Å². The van der Waals surface area contributed by atoms with Crippen LogP contribution in [0.5, 0.6) is 0 Å². The SMILES string of the molecule is [2H]c1c([2H])[n+](=O)c([2H])c([2H])n1[O-]. The zero-order valence-corrected chi connectivity index (χ0v) is 3.71. The minimum atomic E-state index is -0.925. The summed E-state index contributed by atoms with van der Waals surface area (Å²) in [4.78, 5) is 10.7. The first-order valence-electron chi connectivity index (χ1n) is 3.76. The van der Waals surface area contributed by atoms with E-state index in [1.807, 2.05) is 0 Å². The monoisotopic (exact) mass is 116 g/mol. The van der Waals surface area contributed by atoms with Crippen LogP contribution in [0.4, 0.5) is 0 Å². The third-order valence-electron chi connectivity index (χ3n) is 0.506. The molecule has 8 heavy (non-hydrogen) atoms. The molecule has 0 bridgehead atoms. The standard InChI is InChI=1S/C4H4N2O2/c7-5-1-2-6(8)4-3-5/h1-4H/i1D,2D,3D,4D. The molecule has 0 radical (unpaired) electrons. The molecule has 0 aliphatic heterocycles. The molecule has 0 unspecified atom stereocenters. The fourth-order valence-corrected chi connectivity index (χ4v) is 0.238. The lowest BCUT2D eigenvalue weighted by atomic mass is 10.8. The molecule has 0 N–H and O–H groups in total. The second-order valence-electron chi connectivity index (χ2n) is 1.04. The van der Waals surface area contributed by atoms with Crippen LogP contribution in [0.15, 0.2) is 24.7 Å². The summed E-state index contributed by atoms with van der Waals surface area (Å²) in [5.74, 6) is 0. The van der Waals surface area contributed by atoms with Crippen LogP contribution in [0, 0.1) is 10.1 Å². The third-order valence-corrected chi connectivity index (χ3v) is 0.506. The van der Waals surface area contributed by atoms with Gasteiger partial charge in [0, 0.05) is 4.91 Å². The molecule has 0 aliphatic carbocycles. The maximum absolute atomic E-state index is 10.7. The van der Waals surface area contributed by atoms with Crippen molar-refractivity contribution in [3.8, 4) is 0 Å². The van der Waals surface area contributed by atoms with E-state index in [0.29, 0.717) is 0 Å². The summed E-state index contributed by atoms with van der Waals surface area (Å²) < 4.78 is 26.9. The predicted molar refractivity (Wildman–Crippen MR) is 26.6 cm³/mol. The van der Waals surface area contributed by atoms with Crippen LogP contribution in [-0.4, -0.2) is 4.73 Å². The van der Waals surface area contributed by atoms with E-state index in [-0.39, 0.29) is 9.16 Å². The Kier molecular flexibility index (Phi) is 0.390. The van der Waals surface area contributed by atoms with Gasteiger partial charge in [0.15, 0.2) is 0 Å². The van der Waals surface area contributed by atoms with E-state index >= 15 is 0 Å². The molecule has 1 heterocycles. The lowest BCUT2D eigenvalue weighted by molar-refractivity contribution is -0.495. The smallest absolute Gasteiger partial charge is 0.243 e. The fraction of sp³-hybridized carbons (Fsp3) is 0. The van der Waals surface area contributed by atoms with Gasteiger partial charge in [-0.3, -0.25) is 0 Å². The van der Waals surface area contributed by atoms with Crippen molar-refractivity contribution in [2.24, 2.45) is 0 Å². The van der Waals surface area contributed by atoms with Gasteiger partial charge in [-0.05, 0) is 0 Å².